The third-order valence-electron chi connectivity index (χ3n) is 5.38. The second kappa shape index (κ2) is 10.2. The van der Waals surface area contributed by atoms with Crippen LogP contribution in [0.15, 0.2) is 53.4 Å². The molecule has 0 saturated carbocycles. The Morgan fingerprint density at radius 2 is 1.82 bits per heavy atom. The molecule has 182 valence electrons. The van der Waals surface area contributed by atoms with Crippen LogP contribution in [0.2, 0.25) is 0 Å². The lowest BCUT2D eigenvalue weighted by Gasteiger charge is -2.27. The number of ether oxygens (including phenoxy) is 1. The average Bonchev–Trinajstić information content (AvgIpc) is 3.21. The summed E-state index contributed by atoms with van der Waals surface area (Å²) in [5.41, 5.74) is 0.204. The number of nitrogens with one attached hydrogen (secondary N) is 1. The van der Waals surface area contributed by atoms with Gasteiger partial charge in [0, 0.05) is 18.6 Å². The van der Waals surface area contributed by atoms with Crippen LogP contribution in [-0.2, 0) is 30.8 Å². The number of hydrogen-bond donors (Lipinski definition) is 2. The maximum absolute atomic E-state index is 13.2. The van der Waals surface area contributed by atoms with Crippen LogP contribution in [0.25, 0.3) is 0 Å². The van der Waals surface area contributed by atoms with Gasteiger partial charge in [-0.25, -0.2) is 17.6 Å². The van der Waals surface area contributed by atoms with E-state index in [1.165, 1.54) is 24.3 Å². The summed E-state index contributed by atoms with van der Waals surface area (Å²) in [5, 5.41) is 23.6. The Balaban J connectivity index is 1.83. The highest BCUT2D eigenvalue weighted by atomic mass is 32.2. The summed E-state index contributed by atoms with van der Waals surface area (Å²) in [5.74, 6) is -2.10. The van der Waals surface area contributed by atoms with E-state index in [1.807, 2.05) is 0 Å². The Morgan fingerprint density at radius 3 is 2.38 bits per heavy atom. The van der Waals surface area contributed by atoms with Crippen molar-refractivity contribution in [3.8, 4) is 0 Å². The van der Waals surface area contributed by atoms with Crippen LogP contribution in [0, 0.1) is 15.9 Å². The van der Waals surface area contributed by atoms with Gasteiger partial charge in [-0.1, -0.05) is 12.1 Å². The maximum Gasteiger partial charge on any atom is 0.328 e. The van der Waals surface area contributed by atoms with Crippen LogP contribution in [0.5, 0.6) is 0 Å². The standard InChI is InChI=1S/C21H22FN3O8S/c1-33-21(28)17(12-13-2-4-14(22)5-3-13)23-20(27)18-10-11-19(26)24(18)34(31,32)16-8-6-15(7-9-16)25(29)30/h2-9,17-19,26H,10-12H2,1H3,(H,23,27)/t17-,18-,19?/m0/s1. The SMILES string of the molecule is COC(=O)[C@H](Cc1ccc(F)cc1)NC(=O)[C@@H]1CCC(O)N1S(=O)(=O)c1ccc([N+](=O)[O-])cc1. The molecule has 1 amide bonds. The fourth-order valence-electron chi connectivity index (χ4n) is 3.66. The smallest absolute Gasteiger partial charge is 0.328 e. The largest absolute Gasteiger partial charge is 0.467 e. The van der Waals surface area contributed by atoms with Gasteiger partial charge in [0.2, 0.25) is 15.9 Å². The zero-order valence-corrected chi connectivity index (χ0v) is 18.8. The van der Waals surface area contributed by atoms with Gasteiger partial charge in [0.1, 0.15) is 24.1 Å². The lowest BCUT2D eigenvalue weighted by Crippen LogP contribution is -2.53. The Bertz CT molecular complexity index is 1170. The molecule has 0 spiro atoms. The van der Waals surface area contributed by atoms with Crippen molar-refractivity contribution in [3.05, 3.63) is 70.0 Å². The summed E-state index contributed by atoms with van der Waals surface area (Å²) in [6.45, 7) is 0. The van der Waals surface area contributed by atoms with E-state index in [-0.39, 0.29) is 29.8 Å². The molecule has 1 aliphatic heterocycles. The van der Waals surface area contributed by atoms with E-state index in [2.05, 4.69) is 5.32 Å². The lowest BCUT2D eigenvalue weighted by molar-refractivity contribution is -0.384. The molecule has 0 radical (unpaired) electrons. The van der Waals surface area contributed by atoms with Gasteiger partial charge in [-0.3, -0.25) is 14.9 Å². The molecule has 3 rings (SSSR count). The predicted molar refractivity (Wildman–Crippen MR) is 115 cm³/mol. The molecule has 0 bridgehead atoms. The van der Waals surface area contributed by atoms with Gasteiger partial charge in [-0.05, 0) is 42.7 Å². The molecule has 2 aromatic rings. The van der Waals surface area contributed by atoms with Crippen LogP contribution >= 0.6 is 0 Å². The molecule has 0 aromatic heterocycles. The zero-order valence-electron chi connectivity index (χ0n) is 18.0. The average molecular weight is 495 g/mol. The van der Waals surface area contributed by atoms with Gasteiger partial charge in [0.15, 0.2) is 0 Å². The van der Waals surface area contributed by atoms with Crippen molar-refractivity contribution < 1.29 is 37.2 Å². The summed E-state index contributed by atoms with van der Waals surface area (Å²) in [7, 11) is -3.29. The van der Waals surface area contributed by atoms with Crippen LogP contribution in [-0.4, -0.2) is 60.1 Å². The Morgan fingerprint density at radius 1 is 1.21 bits per heavy atom. The Labute approximate surface area is 194 Å². The van der Waals surface area contributed by atoms with Crippen LogP contribution < -0.4 is 5.32 Å². The van der Waals surface area contributed by atoms with E-state index in [0.29, 0.717) is 9.87 Å². The Kier molecular flexibility index (Phi) is 7.59. The van der Waals surface area contributed by atoms with Crippen LogP contribution in [0.3, 0.4) is 0 Å². The number of benzene rings is 2. The van der Waals surface area contributed by atoms with Crippen LogP contribution in [0.1, 0.15) is 18.4 Å². The summed E-state index contributed by atoms with van der Waals surface area (Å²) < 4.78 is 44.8. The van der Waals surface area contributed by atoms with E-state index in [0.717, 1.165) is 31.4 Å². The minimum atomic E-state index is -4.41. The number of nitrogens with zero attached hydrogens (tertiary/aromatic N) is 2. The third kappa shape index (κ3) is 5.38. The number of rotatable bonds is 8. The fourth-order valence-corrected chi connectivity index (χ4v) is 5.35. The minimum absolute atomic E-state index is 0.0242. The van der Waals surface area contributed by atoms with Crippen molar-refractivity contribution >= 4 is 27.6 Å². The second-order valence-corrected chi connectivity index (χ2v) is 9.42. The quantitative estimate of drug-likeness (QED) is 0.313. The summed E-state index contributed by atoms with van der Waals surface area (Å²) in [6.07, 6.45) is -1.61. The van der Waals surface area contributed by atoms with Crippen molar-refractivity contribution in [2.24, 2.45) is 0 Å². The van der Waals surface area contributed by atoms with E-state index in [9.17, 15) is 37.6 Å². The molecule has 1 heterocycles. The number of hydrogen-bond acceptors (Lipinski definition) is 8. The van der Waals surface area contributed by atoms with Gasteiger partial charge in [-0.2, -0.15) is 4.31 Å². The molecular weight excluding hydrogens is 473 g/mol. The Hall–Kier alpha value is -3.42. The summed E-state index contributed by atoms with van der Waals surface area (Å²) in [6, 6.07) is 6.75. The first kappa shape index (κ1) is 25.2. The second-order valence-electron chi connectivity index (χ2n) is 7.57. The van der Waals surface area contributed by atoms with Gasteiger partial charge in [0.25, 0.3) is 5.69 Å². The van der Waals surface area contributed by atoms with E-state index in [1.54, 1.807) is 0 Å². The first-order valence-electron chi connectivity index (χ1n) is 10.1. The van der Waals surface area contributed by atoms with E-state index >= 15 is 0 Å². The number of amides is 1. The zero-order chi connectivity index (χ0) is 25.0. The number of aliphatic hydroxyl groups excluding tert-OH is 1. The van der Waals surface area contributed by atoms with Gasteiger partial charge in [0.05, 0.1) is 16.9 Å². The predicted octanol–water partition coefficient (Wildman–Crippen LogP) is 1.11. The number of nitro benzene ring substituents is 1. The monoisotopic (exact) mass is 495 g/mol. The van der Waals surface area contributed by atoms with Crippen molar-refractivity contribution in [2.45, 2.75) is 42.5 Å². The molecule has 0 aliphatic carbocycles. The highest BCUT2D eigenvalue weighted by molar-refractivity contribution is 7.89. The molecule has 1 aliphatic rings. The van der Waals surface area contributed by atoms with Crippen molar-refractivity contribution in [1.29, 1.82) is 0 Å². The summed E-state index contributed by atoms with van der Waals surface area (Å²) in [4.78, 5) is 35.1. The molecule has 2 N–H and O–H groups in total. The topological polar surface area (TPSA) is 156 Å². The van der Waals surface area contributed by atoms with Gasteiger partial charge in [-0.15, -0.1) is 0 Å². The number of sulfonamides is 1. The van der Waals surface area contributed by atoms with Gasteiger partial charge >= 0.3 is 5.97 Å². The number of carbonyl (C=O) groups is 2. The molecule has 3 atom stereocenters. The highest BCUT2D eigenvalue weighted by Gasteiger charge is 2.45. The third-order valence-corrected chi connectivity index (χ3v) is 7.30. The van der Waals surface area contributed by atoms with Crippen molar-refractivity contribution in [1.82, 2.24) is 9.62 Å². The molecule has 34 heavy (non-hydrogen) atoms. The number of esters is 1. The fraction of sp³-hybridized carbons (Fsp3) is 0.333. The normalized spacial score (nSPS) is 19.4. The van der Waals surface area contributed by atoms with Gasteiger partial charge < -0.3 is 15.2 Å². The molecule has 1 fully saturated rings. The van der Waals surface area contributed by atoms with E-state index < -0.39 is 51.0 Å². The molecule has 13 heteroatoms. The number of halogens is 1. The highest BCUT2D eigenvalue weighted by Crippen LogP contribution is 2.31. The summed E-state index contributed by atoms with van der Waals surface area (Å²) >= 11 is 0. The number of methoxy groups -OCH3 is 1. The number of aliphatic hydroxyl groups is 1. The van der Waals surface area contributed by atoms with Crippen molar-refractivity contribution in [3.63, 3.8) is 0 Å². The number of carbonyl (C=O) groups excluding carboxylic acids is 2. The first-order chi connectivity index (χ1) is 16.0. The molecule has 1 unspecified atom stereocenters. The first-order valence-corrected chi connectivity index (χ1v) is 11.6. The van der Waals surface area contributed by atoms with E-state index in [4.69, 9.17) is 4.74 Å². The number of non-ortho nitro benzene ring substituents is 1. The number of nitro groups is 1. The minimum Gasteiger partial charge on any atom is -0.467 e. The van der Waals surface area contributed by atoms with Crippen LogP contribution in [0.4, 0.5) is 10.1 Å². The molecule has 11 nitrogen and oxygen atoms in total. The molecule has 2 aromatic carbocycles. The lowest BCUT2D eigenvalue weighted by atomic mass is 10.1. The maximum atomic E-state index is 13.2. The molecule has 1 saturated heterocycles. The van der Waals surface area contributed by atoms with Crippen molar-refractivity contribution in [2.75, 3.05) is 7.11 Å². The molecular formula is C21H22FN3O8S.